The molecule has 1 aliphatic rings. The summed E-state index contributed by atoms with van der Waals surface area (Å²) in [4.78, 5) is 0.133. The van der Waals surface area contributed by atoms with Crippen LogP contribution in [0.15, 0.2) is 27.7 Å². The van der Waals surface area contributed by atoms with E-state index in [4.69, 9.17) is 0 Å². The van der Waals surface area contributed by atoms with Gasteiger partial charge in [0.05, 0.1) is 0 Å². The second-order valence-electron chi connectivity index (χ2n) is 5.38. The minimum atomic E-state index is -3.60. The lowest BCUT2D eigenvalue weighted by atomic mass is 9.87. The lowest BCUT2D eigenvalue weighted by Gasteiger charge is -2.29. The van der Waals surface area contributed by atoms with Crippen LogP contribution < -0.4 is 4.72 Å². The van der Waals surface area contributed by atoms with E-state index in [9.17, 15) is 8.42 Å². The van der Waals surface area contributed by atoms with Crippen LogP contribution in [0.5, 0.6) is 0 Å². The predicted octanol–water partition coefficient (Wildman–Crippen LogP) is 2.08. The van der Waals surface area contributed by atoms with Crippen LogP contribution >= 0.6 is 0 Å². The number of nitrogens with zero attached hydrogens (tertiary/aromatic N) is 2. The number of fused-ring (bicyclic) bond motifs is 1. The number of sulfonamides is 1. The summed E-state index contributed by atoms with van der Waals surface area (Å²) < 4.78 is 32.5. The molecular weight excluding hydrogens is 278 g/mol. The number of aromatic nitrogens is 2. The Morgan fingerprint density at radius 3 is 2.85 bits per heavy atom. The van der Waals surface area contributed by atoms with Crippen LogP contribution in [0.2, 0.25) is 0 Å². The lowest BCUT2D eigenvalue weighted by Crippen LogP contribution is -2.41. The number of hydrogen-bond acceptors (Lipinski definition) is 5. The van der Waals surface area contributed by atoms with Gasteiger partial charge in [0.25, 0.3) is 0 Å². The van der Waals surface area contributed by atoms with Crippen molar-refractivity contribution in [1.29, 1.82) is 0 Å². The molecule has 1 fully saturated rings. The van der Waals surface area contributed by atoms with Crippen LogP contribution in [0.3, 0.4) is 0 Å². The molecule has 0 spiro atoms. The molecule has 6 nitrogen and oxygen atoms in total. The van der Waals surface area contributed by atoms with E-state index in [1.165, 1.54) is 12.5 Å². The third kappa shape index (κ3) is 2.43. The molecule has 2 aromatic rings. The van der Waals surface area contributed by atoms with Gasteiger partial charge in [-0.2, -0.15) is 0 Å². The fourth-order valence-electron chi connectivity index (χ4n) is 2.75. The quantitative estimate of drug-likeness (QED) is 0.937. The van der Waals surface area contributed by atoms with Crippen molar-refractivity contribution < 1.29 is 13.0 Å². The highest BCUT2D eigenvalue weighted by Crippen LogP contribution is 2.26. The van der Waals surface area contributed by atoms with Crippen molar-refractivity contribution in [3.8, 4) is 0 Å². The van der Waals surface area contributed by atoms with E-state index >= 15 is 0 Å². The van der Waals surface area contributed by atoms with Gasteiger partial charge in [0, 0.05) is 6.04 Å². The summed E-state index contributed by atoms with van der Waals surface area (Å²) in [6, 6.07) is 4.84. The zero-order valence-corrected chi connectivity index (χ0v) is 12.1. The molecule has 1 heterocycles. The van der Waals surface area contributed by atoms with Crippen molar-refractivity contribution in [3.05, 3.63) is 18.2 Å². The lowest BCUT2D eigenvalue weighted by molar-refractivity contribution is 0.310. The van der Waals surface area contributed by atoms with Crippen molar-refractivity contribution in [2.75, 3.05) is 0 Å². The van der Waals surface area contributed by atoms with Gasteiger partial charge in [-0.3, -0.25) is 0 Å². The highest BCUT2D eigenvalue weighted by Gasteiger charge is 2.28. The second-order valence-corrected chi connectivity index (χ2v) is 7.06. The summed E-state index contributed by atoms with van der Waals surface area (Å²) in [5.74, 6) is 0.355. The summed E-state index contributed by atoms with van der Waals surface area (Å²) in [5.41, 5.74) is 0.730. The monoisotopic (exact) mass is 295 g/mol. The van der Waals surface area contributed by atoms with Crippen LogP contribution in [0, 0.1) is 5.92 Å². The van der Waals surface area contributed by atoms with Crippen LogP contribution in [-0.4, -0.2) is 24.8 Å². The Bertz CT molecular complexity index is 710. The van der Waals surface area contributed by atoms with E-state index in [0.29, 0.717) is 11.4 Å². The Balaban J connectivity index is 1.93. The summed E-state index contributed by atoms with van der Waals surface area (Å²) in [7, 11) is -3.60. The summed E-state index contributed by atoms with van der Waals surface area (Å²) in [5, 5.41) is 7.37. The summed E-state index contributed by atoms with van der Waals surface area (Å²) >= 11 is 0. The third-order valence-corrected chi connectivity index (χ3v) is 5.48. The maximum Gasteiger partial charge on any atom is 0.243 e. The van der Waals surface area contributed by atoms with Gasteiger partial charge in [-0.1, -0.05) is 25.8 Å². The van der Waals surface area contributed by atoms with Gasteiger partial charge >= 0.3 is 0 Å². The van der Waals surface area contributed by atoms with Crippen LogP contribution in [0.1, 0.15) is 32.6 Å². The maximum absolute atomic E-state index is 12.5. The molecule has 0 unspecified atom stereocenters. The molecule has 0 amide bonds. The van der Waals surface area contributed by atoms with E-state index in [1.54, 1.807) is 12.1 Å². The van der Waals surface area contributed by atoms with E-state index in [2.05, 4.69) is 26.6 Å². The molecule has 0 bridgehead atoms. The van der Waals surface area contributed by atoms with E-state index in [0.717, 1.165) is 19.3 Å². The minimum absolute atomic E-state index is 0.0103. The molecule has 20 heavy (non-hydrogen) atoms. The largest absolute Gasteiger partial charge is 0.243 e. The fraction of sp³-hybridized carbons (Fsp3) is 0.538. The molecule has 1 aromatic heterocycles. The first-order valence-electron chi connectivity index (χ1n) is 6.81. The van der Waals surface area contributed by atoms with Crippen molar-refractivity contribution in [1.82, 2.24) is 15.0 Å². The number of nitrogens with one attached hydrogen (secondary N) is 1. The Kier molecular flexibility index (Phi) is 3.47. The second kappa shape index (κ2) is 5.14. The van der Waals surface area contributed by atoms with Gasteiger partial charge in [0.1, 0.15) is 10.4 Å². The Morgan fingerprint density at radius 2 is 2.05 bits per heavy atom. The molecule has 0 radical (unpaired) electrons. The SMILES string of the molecule is C[C@H]1CCCC[C@@H]1NS(=O)(=O)c1cccc2nonc12. The minimum Gasteiger partial charge on any atom is -0.243 e. The third-order valence-electron chi connectivity index (χ3n) is 3.96. The number of hydrogen-bond donors (Lipinski definition) is 1. The molecule has 3 rings (SSSR count). The molecular formula is C13H17N3O3S. The van der Waals surface area contributed by atoms with Gasteiger partial charge < -0.3 is 0 Å². The van der Waals surface area contributed by atoms with Crippen molar-refractivity contribution in [3.63, 3.8) is 0 Å². The topological polar surface area (TPSA) is 85.1 Å². The molecule has 2 atom stereocenters. The standard InChI is InChI=1S/C13H17N3O3S/c1-9-5-2-3-6-10(9)16-20(17,18)12-8-4-7-11-13(12)15-19-14-11/h4,7-10,16H,2-3,5-6H2,1H3/t9-,10-/m0/s1. The predicted molar refractivity (Wildman–Crippen MR) is 73.5 cm³/mol. The first kappa shape index (κ1) is 13.5. The normalized spacial score (nSPS) is 24.1. The first-order chi connectivity index (χ1) is 9.58. The van der Waals surface area contributed by atoms with Crippen LogP contribution in [-0.2, 0) is 10.0 Å². The summed E-state index contributed by atoms with van der Waals surface area (Å²) in [6.07, 6.45) is 4.17. The number of rotatable bonds is 3. The molecule has 0 aliphatic heterocycles. The van der Waals surface area contributed by atoms with Crippen molar-refractivity contribution in [2.24, 2.45) is 5.92 Å². The molecule has 1 aromatic carbocycles. The molecule has 108 valence electrons. The van der Waals surface area contributed by atoms with Gasteiger partial charge in [-0.15, -0.1) is 0 Å². The first-order valence-corrected chi connectivity index (χ1v) is 8.30. The zero-order valence-electron chi connectivity index (χ0n) is 11.2. The Labute approximate surface area is 117 Å². The van der Waals surface area contributed by atoms with E-state index < -0.39 is 10.0 Å². The zero-order chi connectivity index (χ0) is 14.2. The Morgan fingerprint density at radius 1 is 1.25 bits per heavy atom. The van der Waals surface area contributed by atoms with Gasteiger partial charge in [0.2, 0.25) is 10.0 Å². The highest BCUT2D eigenvalue weighted by atomic mass is 32.2. The Hall–Kier alpha value is -1.47. The smallest absolute Gasteiger partial charge is 0.243 e. The van der Waals surface area contributed by atoms with E-state index in [-0.39, 0.29) is 16.5 Å². The molecule has 7 heteroatoms. The molecule has 0 saturated heterocycles. The molecule has 1 saturated carbocycles. The fourth-order valence-corrected chi connectivity index (χ4v) is 4.28. The van der Waals surface area contributed by atoms with E-state index in [1.807, 2.05) is 0 Å². The van der Waals surface area contributed by atoms with Gasteiger partial charge in [-0.05, 0) is 41.2 Å². The summed E-state index contributed by atoms with van der Waals surface area (Å²) in [6.45, 7) is 2.09. The highest BCUT2D eigenvalue weighted by molar-refractivity contribution is 7.89. The van der Waals surface area contributed by atoms with Crippen LogP contribution in [0.4, 0.5) is 0 Å². The molecule has 1 N–H and O–H groups in total. The average molecular weight is 295 g/mol. The number of benzene rings is 1. The molecule has 1 aliphatic carbocycles. The van der Waals surface area contributed by atoms with Crippen LogP contribution in [0.25, 0.3) is 11.0 Å². The average Bonchev–Trinajstić information content (AvgIpc) is 2.89. The van der Waals surface area contributed by atoms with Crippen molar-refractivity contribution in [2.45, 2.75) is 43.5 Å². The maximum atomic E-state index is 12.5. The van der Waals surface area contributed by atoms with Crippen molar-refractivity contribution >= 4 is 21.1 Å². The van der Waals surface area contributed by atoms with Gasteiger partial charge in [-0.25, -0.2) is 17.8 Å². The van der Waals surface area contributed by atoms with Gasteiger partial charge in [0.15, 0.2) is 5.52 Å².